The van der Waals surface area contributed by atoms with Crippen LogP contribution in [0, 0.1) is 10.1 Å². The van der Waals surface area contributed by atoms with E-state index in [0.717, 1.165) is 21.3 Å². The average Bonchev–Trinajstić information content (AvgIpc) is 3.10. The van der Waals surface area contributed by atoms with Gasteiger partial charge >= 0.3 is 0 Å². The maximum absolute atomic E-state index is 11.1. The largest absolute Gasteiger partial charge is 0.324 e. The highest BCUT2D eigenvalue weighted by molar-refractivity contribution is 9.10. The van der Waals surface area contributed by atoms with Crippen LogP contribution in [-0.4, -0.2) is 19.7 Å². The molecule has 1 aromatic heterocycles. The quantitative estimate of drug-likeness (QED) is 0.532. The summed E-state index contributed by atoms with van der Waals surface area (Å²) in [6, 6.07) is 14.2. The lowest BCUT2D eigenvalue weighted by Crippen LogP contribution is -2.20. The average molecular weight is 398 g/mol. The van der Waals surface area contributed by atoms with Gasteiger partial charge in [0, 0.05) is 22.3 Å². The highest BCUT2D eigenvalue weighted by Crippen LogP contribution is 2.33. The number of halogens is 1. The van der Waals surface area contributed by atoms with E-state index in [9.17, 15) is 10.1 Å². The Morgan fingerprint density at radius 2 is 2.00 bits per heavy atom. The van der Waals surface area contributed by atoms with Gasteiger partial charge in [0.2, 0.25) is 5.95 Å². The van der Waals surface area contributed by atoms with Crippen LogP contribution in [-0.2, 0) is 0 Å². The lowest BCUT2D eigenvalue weighted by molar-refractivity contribution is -0.384. The zero-order chi connectivity index (χ0) is 17.4. The Bertz CT molecular complexity index is 981. The van der Waals surface area contributed by atoms with Gasteiger partial charge in [-0.3, -0.25) is 10.1 Å². The molecule has 1 atom stereocenters. The molecule has 2 aromatic carbocycles. The number of aromatic nitrogens is 3. The molecule has 0 spiro atoms. The first-order chi connectivity index (χ1) is 12.1. The molecular weight excluding hydrogens is 386 g/mol. The third-order valence-electron chi connectivity index (χ3n) is 3.99. The van der Waals surface area contributed by atoms with Gasteiger partial charge in [0.25, 0.3) is 5.69 Å². The molecule has 1 N–H and O–H groups in total. The number of rotatable bonds is 3. The summed E-state index contributed by atoms with van der Waals surface area (Å²) in [7, 11) is 0. The second kappa shape index (κ2) is 6.14. The number of nitro groups is 1. The van der Waals surface area contributed by atoms with Gasteiger partial charge in [-0.15, -0.1) is 0 Å². The van der Waals surface area contributed by atoms with E-state index in [4.69, 9.17) is 0 Å². The van der Waals surface area contributed by atoms with Gasteiger partial charge in [-0.25, -0.2) is 4.68 Å². The minimum atomic E-state index is -0.397. The first-order valence-corrected chi connectivity index (χ1v) is 8.30. The molecule has 4 rings (SSSR count). The van der Waals surface area contributed by atoms with E-state index in [-0.39, 0.29) is 11.7 Å². The molecule has 1 unspecified atom stereocenters. The molecule has 1 aliphatic rings. The van der Waals surface area contributed by atoms with Crippen LogP contribution in [0.15, 0.2) is 65.4 Å². The van der Waals surface area contributed by atoms with Crippen LogP contribution in [0.1, 0.15) is 17.2 Å². The Kier molecular flexibility index (Phi) is 3.81. The topological polar surface area (TPSA) is 85.9 Å². The molecule has 1 aliphatic heterocycles. The van der Waals surface area contributed by atoms with Crippen molar-refractivity contribution >= 4 is 33.3 Å². The predicted molar refractivity (Wildman–Crippen MR) is 97.0 cm³/mol. The van der Waals surface area contributed by atoms with Crippen LogP contribution >= 0.6 is 15.9 Å². The fraction of sp³-hybridized carbons (Fsp3) is 0.0588. The van der Waals surface area contributed by atoms with E-state index in [1.807, 2.05) is 36.4 Å². The molecule has 0 bridgehead atoms. The SMILES string of the molecule is O=[N+]([O-])c1cccc(C2C=C(c3ccc(Br)cc3)Nc3ncnn32)c1. The second-order valence-corrected chi connectivity index (χ2v) is 6.45. The lowest BCUT2D eigenvalue weighted by Gasteiger charge is -2.24. The van der Waals surface area contributed by atoms with Crippen molar-refractivity contribution in [2.75, 3.05) is 5.32 Å². The van der Waals surface area contributed by atoms with E-state index in [0.29, 0.717) is 5.95 Å². The van der Waals surface area contributed by atoms with Gasteiger partial charge in [-0.1, -0.05) is 40.2 Å². The molecule has 0 radical (unpaired) electrons. The van der Waals surface area contributed by atoms with Crippen molar-refractivity contribution < 1.29 is 4.92 Å². The van der Waals surface area contributed by atoms with Gasteiger partial charge in [0.1, 0.15) is 12.4 Å². The van der Waals surface area contributed by atoms with Gasteiger partial charge in [-0.05, 0) is 29.3 Å². The third-order valence-corrected chi connectivity index (χ3v) is 4.51. The summed E-state index contributed by atoms with van der Waals surface area (Å²) < 4.78 is 2.70. The third kappa shape index (κ3) is 2.91. The number of nitrogens with one attached hydrogen (secondary N) is 1. The number of fused-ring (bicyclic) bond motifs is 1. The molecule has 0 saturated carbocycles. The molecule has 8 heteroatoms. The highest BCUT2D eigenvalue weighted by atomic mass is 79.9. The van der Waals surface area contributed by atoms with Crippen molar-refractivity contribution in [2.45, 2.75) is 6.04 Å². The van der Waals surface area contributed by atoms with Crippen LogP contribution in [0.25, 0.3) is 5.70 Å². The fourth-order valence-corrected chi connectivity index (χ4v) is 3.06. The van der Waals surface area contributed by atoms with E-state index < -0.39 is 4.92 Å². The van der Waals surface area contributed by atoms with Gasteiger partial charge in [-0.2, -0.15) is 10.1 Å². The number of hydrogen-bond donors (Lipinski definition) is 1. The maximum atomic E-state index is 11.1. The molecule has 0 aliphatic carbocycles. The van der Waals surface area contributed by atoms with Crippen molar-refractivity contribution in [2.24, 2.45) is 0 Å². The van der Waals surface area contributed by atoms with Crippen molar-refractivity contribution in [1.82, 2.24) is 14.8 Å². The van der Waals surface area contributed by atoms with Crippen molar-refractivity contribution in [3.05, 3.63) is 86.6 Å². The Balaban J connectivity index is 1.81. The smallest absolute Gasteiger partial charge is 0.269 e. The van der Waals surface area contributed by atoms with Crippen LogP contribution in [0.4, 0.5) is 11.6 Å². The van der Waals surface area contributed by atoms with Crippen molar-refractivity contribution in [3.8, 4) is 0 Å². The number of nitro benzene ring substituents is 1. The summed E-state index contributed by atoms with van der Waals surface area (Å²) in [5, 5.41) is 18.6. The molecule has 25 heavy (non-hydrogen) atoms. The maximum Gasteiger partial charge on any atom is 0.269 e. The summed E-state index contributed by atoms with van der Waals surface area (Å²) in [6.07, 6.45) is 3.45. The minimum Gasteiger partial charge on any atom is -0.324 e. The zero-order valence-corrected chi connectivity index (χ0v) is 14.4. The Morgan fingerprint density at radius 1 is 1.20 bits per heavy atom. The van der Waals surface area contributed by atoms with Gasteiger partial charge in [0.15, 0.2) is 0 Å². The highest BCUT2D eigenvalue weighted by Gasteiger charge is 2.24. The molecule has 2 heterocycles. The van der Waals surface area contributed by atoms with E-state index in [1.165, 1.54) is 12.4 Å². The number of hydrogen-bond acceptors (Lipinski definition) is 5. The predicted octanol–water partition coefficient (Wildman–Crippen LogP) is 4.00. The van der Waals surface area contributed by atoms with Gasteiger partial charge < -0.3 is 5.32 Å². The summed E-state index contributed by atoms with van der Waals surface area (Å²) in [6.45, 7) is 0. The number of allylic oxidation sites excluding steroid dienone is 1. The molecule has 0 fully saturated rings. The summed E-state index contributed by atoms with van der Waals surface area (Å²) >= 11 is 3.43. The standard InChI is InChI=1S/C17H12BrN5O2/c18-13-6-4-11(5-7-13)15-9-16(22-17(21-15)19-10-20-22)12-2-1-3-14(8-12)23(24)25/h1-10,16H,(H,19,20,21). The number of anilines is 1. The normalized spacial score (nSPS) is 15.9. The first-order valence-electron chi connectivity index (χ1n) is 7.50. The Morgan fingerprint density at radius 3 is 2.76 bits per heavy atom. The molecule has 0 amide bonds. The first kappa shape index (κ1) is 15.5. The molecular formula is C17H12BrN5O2. The second-order valence-electron chi connectivity index (χ2n) is 5.54. The summed E-state index contributed by atoms with van der Waals surface area (Å²) in [5.41, 5.74) is 2.70. The van der Waals surface area contributed by atoms with E-state index in [2.05, 4.69) is 31.3 Å². The van der Waals surface area contributed by atoms with Gasteiger partial charge in [0.05, 0.1) is 4.92 Å². The summed E-state index contributed by atoms with van der Waals surface area (Å²) in [4.78, 5) is 14.9. The van der Waals surface area contributed by atoms with Crippen LogP contribution < -0.4 is 5.32 Å². The minimum absolute atomic E-state index is 0.0521. The Labute approximate surface area is 151 Å². The Hall–Kier alpha value is -3.00. The van der Waals surface area contributed by atoms with Crippen LogP contribution in [0.3, 0.4) is 0 Å². The van der Waals surface area contributed by atoms with Crippen molar-refractivity contribution in [1.29, 1.82) is 0 Å². The monoisotopic (exact) mass is 397 g/mol. The molecule has 124 valence electrons. The fourth-order valence-electron chi connectivity index (χ4n) is 2.79. The van der Waals surface area contributed by atoms with E-state index >= 15 is 0 Å². The molecule has 3 aromatic rings. The molecule has 0 saturated heterocycles. The zero-order valence-electron chi connectivity index (χ0n) is 12.8. The number of non-ortho nitro benzene ring substituents is 1. The lowest BCUT2D eigenvalue weighted by atomic mass is 10.0. The van der Waals surface area contributed by atoms with E-state index in [1.54, 1.807) is 16.8 Å². The van der Waals surface area contributed by atoms with Crippen LogP contribution in [0.2, 0.25) is 0 Å². The summed E-state index contributed by atoms with van der Waals surface area (Å²) in [5.74, 6) is 0.594. The van der Waals surface area contributed by atoms with Crippen LogP contribution in [0.5, 0.6) is 0 Å². The van der Waals surface area contributed by atoms with Crippen molar-refractivity contribution in [3.63, 3.8) is 0 Å². The molecule has 7 nitrogen and oxygen atoms in total. The number of nitrogens with zero attached hydrogens (tertiary/aromatic N) is 4. The number of benzene rings is 2.